The fraction of sp³-hybridized carbons (Fsp3) is 0.304. The minimum atomic E-state index is -3.56. The quantitative estimate of drug-likeness (QED) is 0.541. The Hall–Kier alpha value is -3.17. The molecule has 0 aliphatic carbocycles. The lowest BCUT2D eigenvalue weighted by atomic mass is 10.1. The predicted octanol–water partition coefficient (Wildman–Crippen LogP) is 3.91. The fourth-order valence-electron chi connectivity index (χ4n) is 3.91. The number of hydrogen-bond acceptors (Lipinski definition) is 5. The summed E-state index contributed by atoms with van der Waals surface area (Å²) in [5.74, 6) is -0.334. The van der Waals surface area contributed by atoms with Crippen LogP contribution in [0.5, 0.6) is 5.75 Å². The molecule has 32 heavy (non-hydrogen) atoms. The van der Waals surface area contributed by atoms with E-state index in [4.69, 9.17) is 0 Å². The van der Waals surface area contributed by atoms with E-state index in [0.717, 1.165) is 24.8 Å². The molecule has 1 atom stereocenters. The number of anilines is 1. The van der Waals surface area contributed by atoms with Gasteiger partial charge in [0.1, 0.15) is 11.4 Å². The van der Waals surface area contributed by atoms with E-state index in [2.05, 4.69) is 15.5 Å². The highest BCUT2D eigenvalue weighted by Gasteiger charge is 2.30. The van der Waals surface area contributed by atoms with E-state index < -0.39 is 15.9 Å². The van der Waals surface area contributed by atoms with Crippen LogP contribution in [0.3, 0.4) is 0 Å². The molecule has 1 fully saturated rings. The SMILES string of the molecule is Cc1ccc(-c2cc(C(=O)Nc3ccc(S(=O)(=O)N4CCCC[C@H]4C)cc3)[nH]n2)c(O)c1. The van der Waals surface area contributed by atoms with Gasteiger partial charge >= 0.3 is 0 Å². The van der Waals surface area contributed by atoms with Gasteiger partial charge in [0.25, 0.3) is 5.91 Å². The summed E-state index contributed by atoms with van der Waals surface area (Å²) in [5, 5.41) is 19.6. The lowest BCUT2D eigenvalue weighted by Gasteiger charge is -2.32. The predicted molar refractivity (Wildman–Crippen MR) is 122 cm³/mol. The summed E-state index contributed by atoms with van der Waals surface area (Å²) in [6.07, 6.45) is 2.77. The van der Waals surface area contributed by atoms with Gasteiger partial charge in [-0.15, -0.1) is 0 Å². The third-order valence-electron chi connectivity index (χ3n) is 5.71. The number of rotatable bonds is 5. The second kappa shape index (κ2) is 8.76. The van der Waals surface area contributed by atoms with Crippen LogP contribution in [-0.2, 0) is 10.0 Å². The average Bonchev–Trinajstić information content (AvgIpc) is 3.24. The molecule has 1 aliphatic rings. The molecule has 0 radical (unpaired) electrons. The van der Waals surface area contributed by atoms with Crippen LogP contribution < -0.4 is 5.32 Å². The average molecular weight is 455 g/mol. The maximum absolute atomic E-state index is 12.9. The van der Waals surface area contributed by atoms with Gasteiger partial charge < -0.3 is 10.4 Å². The fourth-order valence-corrected chi connectivity index (χ4v) is 5.61. The molecule has 4 rings (SSSR count). The van der Waals surface area contributed by atoms with Crippen molar-refractivity contribution in [1.82, 2.24) is 14.5 Å². The number of aromatic amines is 1. The number of carbonyl (C=O) groups is 1. The molecule has 1 amide bonds. The Bertz CT molecular complexity index is 1240. The number of nitrogens with one attached hydrogen (secondary N) is 2. The van der Waals surface area contributed by atoms with E-state index in [-0.39, 0.29) is 22.4 Å². The van der Waals surface area contributed by atoms with Gasteiger partial charge in [-0.05, 0) is 74.7 Å². The molecule has 0 bridgehead atoms. The first-order valence-corrected chi connectivity index (χ1v) is 12.0. The first kappa shape index (κ1) is 22.0. The zero-order valence-corrected chi connectivity index (χ0v) is 18.8. The van der Waals surface area contributed by atoms with Crippen LogP contribution in [0.15, 0.2) is 53.4 Å². The van der Waals surface area contributed by atoms with E-state index in [1.807, 2.05) is 19.9 Å². The molecule has 1 aliphatic heterocycles. The summed E-state index contributed by atoms with van der Waals surface area (Å²) >= 11 is 0. The molecule has 0 spiro atoms. The van der Waals surface area contributed by atoms with Crippen LogP contribution in [0.2, 0.25) is 0 Å². The normalized spacial score (nSPS) is 17.2. The van der Waals surface area contributed by atoms with E-state index in [0.29, 0.717) is 23.5 Å². The third-order valence-corrected chi connectivity index (χ3v) is 7.74. The number of carbonyl (C=O) groups excluding carboxylic acids is 1. The van der Waals surface area contributed by atoms with Crippen LogP contribution in [-0.4, -0.2) is 46.5 Å². The zero-order valence-electron chi connectivity index (χ0n) is 18.0. The van der Waals surface area contributed by atoms with Crippen molar-refractivity contribution in [1.29, 1.82) is 0 Å². The second-order valence-electron chi connectivity index (χ2n) is 8.13. The first-order valence-electron chi connectivity index (χ1n) is 10.5. The van der Waals surface area contributed by atoms with Gasteiger partial charge in [0.05, 0.1) is 10.6 Å². The van der Waals surface area contributed by atoms with Gasteiger partial charge in [-0.1, -0.05) is 12.5 Å². The molecule has 3 N–H and O–H groups in total. The van der Waals surface area contributed by atoms with Crippen molar-refractivity contribution in [2.45, 2.75) is 44.0 Å². The Kier molecular flexibility index (Phi) is 6.03. The van der Waals surface area contributed by atoms with E-state index in [1.54, 1.807) is 34.6 Å². The van der Waals surface area contributed by atoms with Gasteiger partial charge in [0.15, 0.2) is 0 Å². The van der Waals surface area contributed by atoms with Crippen LogP contribution in [0, 0.1) is 6.92 Å². The Balaban J connectivity index is 1.47. The molecule has 1 aromatic heterocycles. The Morgan fingerprint density at radius 2 is 1.91 bits per heavy atom. The number of H-pyrrole nitrogens is 1. The van der Waals surface area contributed by atoms with Crippen molar-refractivity contribution < 1.29 is 18.3 Å². The highest BCUT2D eigenvalue weighted by atomic mass is 32.2. The van der Waals surface area contributed by atoms with E-state index in [1.165, 1.54) is 12.1 Å². The molecule has 9 heteroatoms. The molecule has 3 aromatic rings. The van der Waals surface area contributed by atoms with Gasteiger partial charge in [-0.3, -0.25) is 9.89 Å². The monoisotopic (exact) mass is 454 g/mol. The number of piperidine rings is 1. The number of aromatic hydroxyl groups is 1. The van der Waals surface area contributed by atoms with Crippen LogP contribution in [0.4, 0.5) is 5.69 Å². The molecular weight excluding hydrogens is 428 g/mol. The number of benzene rings is 2. The number of sulfonamides is 1. The molecule has 8 nitrogen and oxygen atoms in total. The van der Waals surface area contributed by atoms with E-state index in [9.17, 15) is 18.3 Å². The zero-order chi connectivity index (χ0) is 22.9. The summed E-state index contributed by atoms with van der Waals surface area (Å²) in [4.78, 5) is 12.8. The standard InChI is InChI=1S/C23H26N4O4S/c1-15-6-11-19(22(28)13-15)20-14-21(26-25-20)23(29)24-17-7-9-18(10-8-17)32(30,31)27-12-4-3-5-16(27)2/h6-11,13-14,16,28H,3-5,12H2,1-2H3,(H,24,29)(H,25,26)/t16-/m1/s1. The number of hydrogen-bond donors (Lipinski definition) is 3. The molecular formula is C23H26N4O4S. The van der Waals surface area contributed by atoms with Gasteiger partial charge in [0.2, 0.25) is 10.0 Å². The lowest BCUT2D eigenvalue weighted by molar-refractivity contribution is 0.102. The number of nitrogens with zero attached hydrogens (tertiary/aromatic N) is 2. The summed E-state index contributed by atoms with van der Waals surface area (Å²) in [7, 11) is -3.56. The van der Waals surface area contributed by atoms with Gasteiger partial charge in [-0.2, -0.15) is 9.40 Å². The van der Waals surface area contributed by atoms with E-state index >= 15 is 0 Å². The number of phenolic OH excluding ortho intramolecular Hbond substituents is 1. The maximum Gasteiger partial charge on any atom is 0.273 e. The minimum absolute atomic E-state index is 0.0179. The molecule has 2 aromatic carbocycles. The smallest absolute Gasteiger partial charge is 0.273 e. The topological polar surface area (TPSA) is 115 Å². The molecule has 0 saturated carbocycles. The summed E-state index contributed by atoms with van der Waals surface area (Å²) in [6, 6.07) is 12.9. The van der Waals surface area contributed by atoms with Gasteiger partial charge in [0, 0.05) is 23.8 Å². The minimum Gasteiger partial charge on any atom is -0.507 e. The summed E-state index contributed by atoms with van der Waals surface area (Å²) in [5.41, 5.74) is 2.57. The molecule has 2 heterocycles. The number of phenols is 1. The van der Waals surface area contributed by atoms with Crippen molar-refractivity contribution >= 4 is 21.6 Å². The Labute approximate surface area is 187 Å². The number of aryl methyl sites for hydroxylation is 1. The van der Waals surface area contributed by atoms with Crippen molar-refractivity contribution in [3.8, 4) is 17.0 Å². The largest absolute Gasteiger partial charge is 0.507 e. The van der Waals surface area contributed by atoms with Crippen LogP contribution in [0.1, 0.15) is 42.2 Å². The maximum atomic E-state index is 12.9. The first-order chi connectivity index (χ1) is 15.3. The van der Waals surface area contributed by atoms with Crippen LogP contribution >= 0.6 is 0 Å². The van der Waals surface area contributed by atoms with Crippen molar-refractivity contribution in [2.24, 2.45) is 0 Å². The number of aromatic nitrogens is 2. The molecule has 168 valence electrons. The highest BCUT2D eigenvalue weighted by molar-refractivity contribution is 7.89. The van der Waals surface area contributed by atoms with Crippen molar-refractivity contribution in [3.63, 3.8) is 0 Å². The lowest BCUT2D eigenvalue weighted by Crippen LogP contribution is -2.41. The molecule has 0 unspecified atom stereocenters. The highest BCUT2D eigenvalue weighted by Crippen LogP contribution is 2.29. The second-order valence-corrected chi connectivity index (χ2v) is 10.0. The summed E-state index contributed by atoms with van der Waals surface area (Å²) in [6.45, 7) is 4.33. The van der Waals surface area contributed by atoms with Crippen molar-refractivity contribution in [3.05, 3.63) is 59.8 Å². The van der Waals surface area contributed by atoms with Crippen molar-refractivity contribution in [2.75, 3.05) is 11.9 Å². The Morgan fingerprint density at radius 1 is 1.16 bits per heavy atom. The van der Waals surface area contributed by atoms with Crippen LogP contribution in [0.25, 0.3) is 11.3 Å². The number of amides is 1. The Morgan fingerprint density at radius 3 is 2.59 bits per heavy atom. The van der Waals surface area contributed by atoms with Gasteiger partial charge in [-0.25, -0.2) is 8.42 Å². The molecule has 1 saturated heterocycles. The third kappa shape index (κ3) is 4.39. The summed E-state index contributed by atoms with van der Waals surface area (Å²) < 4.78 is 27.4.